The summed E-state index contributed by atoms with van der Waals surface area (Å²) in [5.74, 6) is 0. The van der Waals surface area contributed by atoms with E-state index in [2.05, 4.69) is 37.2 Å². The summed E-state index contributed by atoms with van der Waals surface area (Å²) in [7, 11) is 0. The molecule has 0 bridgehead atoms. The van der Waals surface area contributed by atoms with E-state index in [1.165, 1.54) is 0 Å². The quantitative estimate of drug-likeness (QED) is 0.813. The first-order valence-electron chi connectivity index (χ1n) is 5.49. The number of hydrogen-bond donors (Lipinski definition) is 1. The molecule has 5 nitrogen and oxygen atoms in total. The molecule has 2 rings (SSSR count). The van der Waals surface area contributed by atoms with Crippen LogP contribution in [-0.4, -0.2) is 15.0 Å². The largest absolute Gasteiger partial charge is 0.322 e. The van der Waals surface area contributed by atoms with Crippen LogP contribution in [0, 0.1) is 16.7 Å². The van der Waals surface area contributed by atoms with Gasteiger partial charge in [0.1, 0.15) is 0 Å². The molecule has 0 unspecified atom stereocenters. The summed E-state index contributed by atoms with van der Waals surface area (Å²) in [4.78, 5) is 0. The Morgan fingerprint density at radius 1 is 1.56 bits per heavy atom. The highest BCUT2D eigenvalue weighted by atomic mass is 15.5. The van der Waals surface area contributed by atoms with Crippen LogP contribution in [0.1, 0.15) is 45.3 Å². The third kappa shape index (κ3) is 1.69. The van der Waals surface area contributed by atoms with Crippen LogP contribution in [0.2, 0.25) is 0 Å². The molecule has 16 heavy (non-hydrogen) atoms. The second kappa shape index (κ2) is 3.29. The van der Waals surface area contributed by atoms with Gasteiger partial charge in [0.25, 0.3) is 0 Å². The monoisotopic (exact) mass is 219 g/mol. The smallest absolute Gasteiger partial charge is 0.150 e. The molecular formula is C11H17N5. The molecule has 1 aliphatic rings. The number of nitrogens with two attached hydrogens (primary N) is 1. The van der Waals surface area contributed by atoms with Gasteiger partial charge in [0.2, 0.25) is 0 Å². The standard InChI is InChI=1S/C11H17N5/c1-10(2,3)9(13)8-6-16(15-14-8)11(7-12)4-5-11/h6,9H,4-5,13H2,1-3H3/t9-/m1/s1. The summed E-state index contributed by atoms with van der Waals surface area (Å²) in [6, 6.07) is 2.12. The second-order valence-electron chi connectivity index (χ2n) is 5.58. The Bertz CT molecular complexity index is 430. The van der Waals surface area contributed by atoms with Crippen LogP contribution < -0.4 is 5.73 Å². The van der Waals surface area contributed by atoms with Crippen molar-refractivity contribution < 1.29 is 0 Å². The summed E-state index contributed by atoms with van der Waals surface area (Å²) in [6.45, 7) is 6.19. The molecule has 0 radical (unpaired) electrons. The first-order valence-corrected chi connectivity index (χ1v) is 5.49. The molecule has 0 aromatic carbocycles. The number of nitrogens with zero attached hydrogens (tertiary/aromatic N) is 4. The van der Waals surface area contributed by atoms with E-state index < -0.39 is 5.54 Å². The molecule has 0 amide bonds. The lowest BCUT2D eigenvalue weighted by atomic mass is 9.86. The summed E-state index contributed by atoms with van der Waals surface area (Å²) < 4.78 is 1.66. The Labute approximate surface area is 95.2 Å². The van der Waals surface area contributed by atoms with Crippen LogP contribution in [0.25, 0.3) is 0 Å². The number of nitriles is 1. The van der Waals surface area contributed by atoms with E-state index in [0.717, 1.165) is 18.5 Å². The Kier molecular flexibility index (Phi) is 2.28. The van der Waals surface area contributed by atoms with E-state index in [0.29, 0.717) is 0 Å². The van der Waals surface area contributed by atoms with Gasteiger partial charge in [-0.3, -0.25) is 0 Å². The van der Waals surface area contributed by atoms with Crippen molar-refractivity contribution >= 4 is 0 Å². The molecule has 1 aromatic rings. The third-order valence-corrected chi connectivity index (χ3v) is 3.13. The molecule has 1 aliphatic carbocycles. The van der Waals surface area contributed by atoms with E-state index in [9.17, 15) is 0 Å². The highest BCUT2D eigenvalue weighted by Crippen LogP contribution is 2.42. The van der Waals surface area contributed by atoms with Crippen molar-refractivity contribution in [1.29, 1.82) is 5.26 Å². The number of rotatable bonds is 2. The lowest BCUT2D eigenvalue weighted by molar-refractivity contribution is 0.321. The zero-order chi connectivity index (χ0) is 12.0. The lowest BCUT2D eigenvalue weighted by Crippen LogP contribution is -2.26. The van der Waals surface area contributed by atoms with Gasteiger partial charge in [0.05, 0.1) is 24.0 Å². The molecule has 1 atom stereocenters. The lowest BCUT2D eigenvalue weighted by Gasteiger charge is -2.24. The van der Waals surface area contributed by atoms with Crippen molar-refractivity contribution in [2.24, 2.45) is 11.1 Å². The second-order valence-corrected chi connectivity index (χ2v) is 5.58. The van der Waals surface area contributed by atoms with Crippen LogP contribution in [0.3, 0.4) is 0 Å². The van der Waals surface area contributed by atoms with E-state index in [4.69, 9.17) is 11.0 Å². The number of hydrogen-bond acceptors (Lipinski definition) is 4. The van der Waals surface area contributed by atoms with Crippen molar-refractivity contribution in [3.63, 3.8) is 0 Å². The van der Waals surface area contributed by atoms with E-state index in [1.807, 2.05) is 6.20 Å². The van der Waals surface area contributed by atoms with Gasteiger partial charge in [-0.25, -0.2) is 4.68 Å². The summed E-state index contributed by atoms with van der Waals surface area (Å²) in [5.41, 5.74) is 6.36. The Morgan fingerprint density at radius 2 is 2.19 bits per heavy atom. The fourth-order valence-corrected chi connectivity index (χ4v) is 1.58. The predicted molar refractivity (Wildman–Crippen MR) is 59.2 cm³/mol. The first kappa shape index (κ1) is 11.1. The summed E-state index contributed by atoms with van der Waals surface area (Å²) in [6.07, 6.45) is 3.53. The molecule has 5 heteroatoms. The van der Waals surface area contributed by atoms with Gasteiger partial charge in [0.15, 0.2) is 5.54 Å². The Morgan fingerprint density at radius 3 is 2.62 bits per heavy atom. The van der Waals surface area contributed by atoms with Crippen LogP contribution in [-0.2, 0) is 5.54 Å². The van der Waals surface area contributed by atoms with Crippen LogP contribution in [0.4, 0.5) is 0 Å². The van der Waals surface area contributed by atoms with Crippen molar-refractivity contribution in [2.45, 2.75) is 45.2 Å². The van der Waals surface area contributed by atoms with Gasteiger partial charge in [-0.1, -0.05) is 26.0 Å². The van der Waals surface area contributed by atoms with Crippen LogP contribution >= 0.6 is 0 Å². The van der Waals surface area contributed by atoms with Crippen LogP contribution in [0.15, 0.2) is 6.20 Å². The normalized spacial score (nSPS) is 20.2. The highest BCUT2D eigenvalue weighted by Gasteiger charge is 2.46. The van der Waals surface area contributed by atoms with E-state index in [1.54, 1.807) is 4.68 Å². The van der Waals surface area contributed by atoms with Gasteiger partial charge in [0, 0.05) is 0 Å². The minimum atomic E-state index is -0.442. The van der Waals surface area contributed by atoms with Gasteiger partial charge >= 0.3 is 0 Å². The van der Waals surface area contributed by atoms with E-state index in [-0.39, 0.29) is 11.5 Å². The van der Waals surface area contributed by atoms with E-state index >= 15 is 0 Å². The Balaban J connectivity index is 2.24. The average Bonchev–Trinajstić information content (AvgIpc) is 2.86. The highest BCUT2D eigenvalue weighted by molar-refractivity contribution is 5.17. The van der Waals surface area contributed by atoms with Gasteiger partial charge in [-0.15, -0.1) is 5.10 Å². The van der Waals surface area contributed by atoms with Crippen molar-refractivity contribution in [3.05, 3.63) is 11.9 Å². The zero-order valence-corrected chi connectivity index (χ0v) is 9.94. The molecule has 0 saturated heterocycles. The van der Waals surface area contributed by atoms with Gasteiger partial charge in [-0.05, 0) is 18.3 Å². The fraction of sp³-hybridized carbons (Fsp3) is 0.727. The maximum Gasteiger partial charge on any atom is 0.150 e. The minimum Gasteiger partial charge on any atom is -0.322 e. The van der Waals surface area contributed by atoms with Crippen molar-refractivity contribution in [2.75, 3.05) is 0 Å². The molecular weight excluding hydrogens is 202 g/mol. The molecule has 1 heterocycles. The summed E-state index contributed by atoms with van der Waals surface area (Å²) >= 11 is 0. The maximum atomic E-state index is 9.05. The molecule has 0 spiro atoms. The first-order chi connectivity index (χ1) is 7.39. The molecule has 1 saturated carbocycles. The van der Waals surface area contributed by atoms with Gasteiger partial charge < -0.3 is 5.73 Å². The van der Waals surface area contributed by atoms with Gasteiger partial charge in [-0.2, -0.15) is 5.26 Å². The molecule has 1 fully saturated rings. The average molecular weight is 219 g/mol. The molecule has 2 N–H and O–H groups in total. The summed E-state index contributed by atoms with van der Waals surface area (Å²) in [5, 5.41) is 17.1. The zero-order valence-electron chi connectivity index (χ0n) is 9.94. The predicted octanol–water partition coefficient (Wildman–Crippen LogP) is 1.34. The molecule has 1 aromatic heterocycles. The SMILES string of the molecule is CC(C)(C)[C@H](N)c1cn(C2(C#N)CC2)nn1. The number of aromatic nitrogens is 3. The molecule has 0 aliphatic heterocycles. The van der Waals surface area contributed by atoms with Crippen molar-refractivity contribution in [3.8, 4) is 6.07 Å². The van der Waals surface area contributed by atoms with Crippen molar-refractivity contribution in [1.82, 2.24) is 15.0 Å². The Hall–Kier alpha value is -1.41. The maximum absolute atomic E-state index is 9.05. The molecule has 86 valence electrons. The minimum absolute atomic E-state index is 0.0514. The fourth-order valence-electron chi connectivity index (χ4n) is 1.58. The van der Waals surface area contributed by atoms with Crippen LogP contribution in [0.5, 0.6) is 0 Å². The third-order valence-electron chi connectivity index (χ3n) is 3.13. The topological polar surface area (TPSA) is 80.5 Å².